The van der Waals surface area contributed by atoms with Crippen LogP contribution >= 0.6 is 0 Å². The van der Waals surface area contributed by atoms with E-state index in [1.165, 1.54) is 0 Å². The summed E-state index contributed by atoms with van der Waals surface area (Å²) in [5.74, 6) is 0.585. The zero-order valence-electron chi connectivity index (χ0n) is 13.8. The van der Waals surface area contributed by atoms with Gasteiger partial charge in [-0.3, -0.25) is 0 Å². The molecule has 126 valence electrons. The van der Waals surface area contributed by atoms with E-state index in [-0.39, 0.29) is 5.56 Å². The summed E-state index contributed by atoms with van der Waals surface area (Å²) in [6.07, 6.45) is 0. The van der Waals surface area contributed by atoms with Gasteiger partial charge in [0.2, 0.25) is 0 Å². The van der Waals surface area contributed by atoms with Gasteiger partial charge in [-0.25, -0.2) is 4.79 Å². The van der Waals surface area contributed by atoms with Crippen LogP contribution in [0.25, 0.3) is 0 Å². The maximum atomic E-state index is 11.3. The van der Waals surface area contributed by atoms with Gasteiger partial charge in [-0.1, -0.05) is 36.4 Å². The quantitative estimate of drug-likeness (QED) is 0.684. The molecule has 0 aliphatic heterocycles. The summed E-state index contributed by atoms with van der Waals surface area (Å²) >= 11 is 0. The lowest BCUT2D eigenvalue weighted by molar-refractivity contribution is 0.0694. The molecular formula is C21H18O4. The Labute approximate surface area is 146 Å². The minimum Gasteiger partial charge on any atom is -0.489 e. The Morgan fingerprint density at radius 1 is 0.920 bits per heavy atom. The number of benzene rings is 3. The van der Waals surface area contributed by atoms with Crippen LogP contribution in [0.1, 0.15) is 21.5 Å². The van der Waals surface area contributed by atoms with Crippen molar-refractivity contribution in [2.24, 2.45) is 0 Å². The third kappa shape index (κ3) is 4.38. The molecule has 25 heavy (non-hydrogen) atoms. The lowest BCUT2D eigenvalue weighted by atomic mass is 10.1. The monoisotopic (exact) mass is 334 g/mol. The number of carboxylic acid groups (broad SMARTS) is 1. The van der Waals surface area contributed by atoms with E-state index >= 15 is 0 Å². The van der Waals surface area contributed by atoms with Gasteiger partial charge in [0.1, 0.15) is 29.4 Å². The molecule has 0 aliphatic carbocycles. The molecule has 4 heteroatoms. The SMILES string of the molecule is Cc1ccc(C(=O)O)c(Oc2ccc(OCc3ccccc3)cc2)c1. The number of ether oxygens (including phenoxy) is 2. The van der Waals surface area contributed by atoms with Gasteiger partial charge in [0.15, 0.2) is 0 Å². The molecule has 0 amide bonds. The second-order valence-electron chi connectivity index (χ2n) is 5.65. The van der Waals surface area contributed by atoms with Crippen molar-refractivity contribution < 1.29 is 19.4 Å². The Balaban J connectivity index is 1.69. The number of carbonyl (C=O) groups is 1. The van der Waals surface area contributed by atoms with Crippen molar-refractivity contribution in [2.75, 3.05) is 0 Å². The van der Waals surface area contributed by atoms with Crippen LogP contribution < -0.4 is 9.47 Å². The van der Waals surface area contributed by atoms with Gasteiger partial charge in [-0.15, -0.1) is 0 Å². The first-order valence-electron chi connectivity index (χ1n) is 7.90. The zero-order chi connectivity index (χ0) is 17.6. The molecule has 0 saturated carbocycles. The lowest BCUT2D eigenvalue weighted by Gasteiger charge is -2.11. The topological polar surface area (TPSA) is 55.8 Å². The van der Waals surface area contributed by atoms with E-state index in [1.54, 1.807) is 42.5 Å². The highest BCUT2D eigenvalue weighted by molar-refractivity contribution is 5.91. The fourth-order valence-electron chi connectivity index (χ4n) is 2.36. The summed E-state index contributed by atoms with van der Waals surface area (Å²) in [7, 11) is 0. The second-order valence-corrected chi connectivity index (χ2v) is 5.65. The molecule has 0 bridgehead atoms. The van der Waals surface area contributed by atoms with Crippen LogP contribution in [0.5, 0.6) is 17.2 Å². The number of carboxylic acids is 1. The molecule has 0 atom stereocenters. The number of hydrogen-bond donors (Lipinski definition) is 1. The molecule has 0 fully saturated rings. The summed E-state index contributed by atoms with van der Waals surface area (Å²) in [6, 6.07) is 22.0. The van der Waals surface area contributed by atoms with Crippen LogP contribution in [0.3, 0.4) is 0 Å². The standard InChI is InChI=1S/C21H18O4/c1-15-7-12-19(21(22)23)20(13-15)25-18-10-8-17(9-11-18)24-14-16-5-3-2-4-6-16/h2-13H,14H2,1H3,(H,22,23). The number of rotatable bonds is 6. The number of hydrogen-bond acceptors (Lipinski definition) is 3. The third-order valence-corrected chi connectivity index (χ3v) is 3.67. The van der Waals surface area contributed by atoms with Gasteiger partial charge in [-0.2, -0.15) is 0 Å². The van der Waals surface area contributed by atoms with E-state index in [0.717, 1.165) is 16.9 Å². The summed E-state index contributed by atoms with van der Waals surface area (Å²) in [5.41, 5.74) is 2.16. The van der Waals surface area contributed by atoms with Crippen LogP contribution in [0.4, 0.5) is 0 Å². The van der Waals surface area contributed by atoms with E-state index in [1.807, 2.05) is 37.3 Å². The average Bonchev–Trinajstić information content (AvgIpc) is 2.62. The largest absolute Gasteiger partial charge is 0.489 e. The smallest absolute Gasteiger partial charge is 0.339 e. The van der Waals surface area contributed by atoms with Crippen molar-refractivity contribution in [2.45, 2.75) is 13.5 Å². The van der Waals surface area contributed by atoms with Crippen LogP contribution in [-0.4, -0.2) is 11.1 Å². The summed E-state index contributed by atoms with van der Waals surface area (Å²) < 4.78 is 11.5. The van der Waals surface area contributed by atoms with Crippen LogP contribution in [0.2, 0.25) is 0 Å². The predicted octanol–water partition coefficient (Wildman–Crippen LogP) is 5.06. The zero-order valence-corrected chi connectivity index (χ0v) is 13.8. The first kappa shape index (κ1) is 16.6. The van der Waals surface area contributed by atoms with Gasteiger partial charge >= 0.3 is 5.97 Å². The van der Waals surface area contributed by atoms with Gasteiger partial charge in [0.05, 0.1) is 0 Å². The van der Waals surface area contributed by atoms with Crippen LogP contribution in [-0.2, 0) is 6.61 Å². The highest BCUT2D eigenvalue weighted by Crippen LogP contribution is 2.28. The van der Waals surface area contributed by atoms with Crippen molar-refractivity contribution in [3.05, 3.63) is 89.5 Å². The van der Waals surface area contributed by atoms with Crippen molar-refractivity contribution in [1.82, 2.24) is 0 Å². The molecule has 0 spiro atoms. The van der Waals surface area contributed by atoms with E-state index in [4.69, 9.17) is 9.47 Å². The fraction of sp³-hybridized carbons (Fsp3) is 0.0952. The van der Waals surface area contributed by atoms with Crippen LogP contribution in [0, 0.1) is 6.92 Å². The minimum absolute atomic E-state index is 0.134. The molecule has 3 aromatic carbocycles. The highest BCUT2D eigenvalue weighted by Gasteiger charge is 2.12. The summed E-state index contributed by atoms with van der Waals surface area (Å²) in [6.45, 7) is 2.38. The molecule has 0 unspecified atom stereocenters. The summed E-state index contributed by atoms with van der Waals surface area (Å²) in [4.78, 5) is 11.3. The first-order valence-corrected chi connectivity index (χ1v) is 7.90. The Morgan fingerprint density at radius 3 is 2.28 bits per heavy atom. The highest BCUT2D eigenvalue weighted by atomic mass is 16.5. The average molecular weight is 334 g/mol. The Morgan fingerprint density at radius 2 is 1.60 bits per heavy atom. The number of aryl methyl sites for hydroxylation is 1. The molecule has 1 N–H and O–H groups in total. The van der Waals surface area contributed by atoms with Crippen molar-refractivity contribution in [1.29, 1.82) is 0 Å². The van der Waals surface area contributed by atoms with E-state index in [9.17, 15) is 9.90 Å². The molecule has 3 aromatic rings. The second kappa shape index (κ2) is 7.53. The van der Waals surface area contributed by atoms with Crippen molar-refractivity contribution in [3.63, 3.8) is 0 Å². The molecule has 3 rings (SSSR count). The first-order chi connectivity index (χ1) is 12.1. The number of aromatic carboxylic acids is 1. The van der Waals surface area contributed by atoms with Gasteiger partial charge in [0.25, 0.3) is 0 Å². The van der Waals surface area contributed by atoms with Crippen molar-refractivity contribution in [3.8, 4) is 17.2 Å². The van der Waals surface area contributed by atoms with E-state index < -0.39 is 5.97 Å². The van der Waals surface area contributed by atoms with E-state index in [2.05, 4.69) is 0 Å². The van der Waals surface area contributed by atoms with E-state index in [0.29, 0.717) is 18.1 Å². The van der Waals surface area contributed by atoms with Gasteiger partial charge < -0.3 is 14.6 Å². The molecular weight excluding hydrogens is 316 g/mol. The molecule has 4 nitrogen and oxygen atoms in total. The van der Waals surface area contributed by atoms with Crippen LogP contribution in [0.15, 0.2) is 72.8 Å². The summed E-state index contributed by atoms with van der Waals surface area (Å²) in [5, 5.41) is 9.26. The predicted molar refractivity (Wildman–Crippen MR) is 95.4 cm³/mol. The lowest BCUT2D eigenvalue weighted by Crippen LogP contribution is -2.00. The molecule has 0 radical (unpaired) electrons. The normalized spacial score (nSPS) is 10.3. The maximum absolute atomic E-state index is 11.3. The Hall–Kier alpha value is -3.27. The van der Waals surface area contributed by atoms with Crippen molar-refractivity contribution >= 4 is 5.97 Å². The molecule has 0 heterocycles. The fourth-order valence-corrected chi connectivity index (χ4v) is 2.36. The van der Waals surface area contributed by atoms with Gasteiger partial charge in [-0.05, 0) is 54.4 Å². The molecule has 0 aliphatic rings. The third-order valence-electron chi connectivity index (χ3n) is 3.67. The molecule has 0 aromatic heterocycles. The Kier molecular flexibility index (Phi) is 5.00. The molecule has 0 saturated heterocycles. The van der Waals surface area contributed by atoms with Gasteiger partial charge in [0, 0.05) is 0 Å². The Bertz CT molecular complexity index is 855. The minimum atomic E-state index is -1.02. The maximum Gasteiger partial charge on any atom is 0.339 e.